The number of rotatable bonds is 4. The molecule has 1 saturated heterocycles. The van der Waals surface area contributed by atoms with Crippen LogP contribution < -0.4 is 5.32 Å². The van der Waals surface area contributed by atoms with E-state index in [1.165, 1.54) is 52.8 Å². The Morgan fingerprint density at radius 2 is 1.71 bits per heavy atom. The Kier molecular flexibility index (Phi) is 5.69. The van der Waals surface area contributed by atoms with Crippen molar-refractivity contribution >= 4 is 21.6 Å². The number of nitrogens with zero attached hydrogens (tertiary/aromatic N) is 1. The number of hydrogen-bond acceptors (Lipinski definition) is 3. The molecule has 24 heavy (non-hydrogen) atoms. The molecule has 2 aromatic carbocycles. The summed E-state index contributed by atoms with van der Waals surface area (Å²) in [6, 6.07) is 11.2. The van der Waals surface area contributed by atoms with Gasteiger partial charge in [-0.15, -0.1) is 0 Å². The summed E-state index contributed by atoms with van der Waals surface area (Å²) in [6.45, 7) is 5.02. The molecule has 0 aromatic heterocycles. The van der Waals surface area contributed by atoms with Crippen molar-refractivity contribution in [3.63, 3.8) is 0 Å². The Morgan fingerprint density at radius 1 is 1.08 bits per heavy atom. The van der Waals surface area contributed by atoms with E-state index in [4.69, 9.17) is 0 Å². The summed E-state index contributed by atoms with van der Waals surface area (Å²) >= 11 is 0. The molecule has 128 valence electrons. The predicted molar refractivity (Wildman–Crippen MR) is 90.9 cm³/mol. The van der Waals surface area contributed by atoms with E-state index in [1.54, 1.807) is 0 Å². The summed E-state index contributed by atoms with van der Waals surface area (Å²) in [6.07, 6.45) is 0. The lowest BCUT2D eigenvalue weighted by molar-refractivity contribution is 0.102. The van der Waals surface area contributed by atoms with Crippen molar-refractivity contribution in [2.45, 2.75) is 18.7 Å². The molecule has 0 saturated carbocycles. The first-order chi connectivity index (χ1) is 11.5. The normalized spacial score (nSPS) is 13.6. The Balaban J connectivity index is 0.00000100. The standard InChI is InChI=1S/C15H13FN2O3S.C2H6/c16-12-4-6-13(7-5-12)17-15(19)11-2-1-3-14(10-11)22(20,21)18-8-9-18;1-2/h1-7,10H,8-9H2,(H,17,19);1-2H3. The van der Waals surface area contributed by atoms with Crippen LogP contribution >= 0.6 is 0 Å². The van der Waals surface area contributed by atoms with Crippen LogP contribution in [0.2, 0.25) is 0 Å². The summed E-state index contributed by atoms with van der Waals surface area (Å²) in [5.41, 5.74) is 0.665. The second kappa shape index (κ2) is 7.55. The second-order valence-electron chi connectivity index (χ2n) is 4.89. The van der Waals surface area contributed by atoms with Gasteiger partial charge < -0.3 is 5.32 Å². The number of amides is 1. The van der Waals surface area contributed by atoms with Gasteiger partial charge in [0.25, 0.3) is 5.91 Å². The summed E-state index contributed by atoms with van der Waals surface area (Å²) in [4.78, 5) is 12.2. The zero-order valence-electron chi connectivity index (χ0n) is 13.5. The molecule has 1 fully saturated rings. The average Bonchev–Trinajstić information content (AvgIpc) is 3.44. The molecule has 1 aliphatic heterocycles. The van der Waals surface area contributed by atoms with E-state index in [1.807, 2.05) is 13.8 Å². The molecule has 0 atom stereocenters. The number of hydrogen-bond donors (Lipinski definition) is 1. The molecule has 0 aliphatic carbocycles. The smallest absolute Gasteiger partial charge is 0.255 e. The van der Waals surface area contributed by atoms with Gasteiger partial charge in [0.2, 0.25) is 10.0 Å². The van der Waals surface area contributed by atoms with E-state index in [-0.39, 0.29) is 10.5 Å². The Bertz CT molecular complexity index is 816. The fourth-order valence-electron chi connectivity index (χ4n) is 1.96. The molecule has 0 spiro atoms. The van der Waals surface area contributed by atoms with Gasteiger partial charge in [0.1, 0.15) is 5.82 Å². The highest BCUT2D eigenvalue weighted by Crippen LogP contribution is 2.22. The quantitative estimate of drug-likeness (QED) is 0.862. The average molecular weight is 350 g/mol. The third-order valence-electron chi connectivity index (χ3n) is 3.24. The molecule has 7 heteroatoms. The minimum Gasteiger partial charge on any atom is -0.322 e. The van der Waals surface area contributed by atoms with Crippen LogP contribution in [0.3, 0.4) is 0 Å². The largest absolute Gasteiger partial charge is 0.322 e. The predicted octanol–water partition coefficient (Wildman–Crippen LogP) is 3.11. The molecular formula is C17H19FN2O3S. The maximum atomic E-state index is 12.8. The lowest BCUT2D eigenvalue weighted by Crippen LogP contribution is -2.15. The van der Waals surface area contributed by atoms with Crippen LogP contribution in [-0.2, 0) is 10.0 Å². The zero-order chi connectivity index (χ0) is 17.7. The molecule has 0 bridgehead atoms. The lowest BCUT2D eigenvalue weighted by atomic mass is 10.2. The summed E-state index contributed by atoms with van der Waals surface area (Å²) < 4.78 is 38.4. The first-order valence-electron chi connectivity index (χ1n) is 7.64. The van der Waals surface area contributed by atoms with E-state index < -0.39 is 21.7 Å². The Labute approximate surface area is 141 Å². The van der Waals surface area contributed by atoms with Gasteiger partial charge in [0.05, 0.1) is 4.90 Å². The molecule has 1 N–H and O–H groups in total. The molecule has 1 aliphatic rings. The van der Waals surface area contributed by atoms with Crippen molar-refractivity contribution in [3.8, 4) is 0 Å². The van der Waals surface area contributed by atoms with Gasteiger partial charge in [-0.05, 0) is 42.5 Å². The van der Waals surface area contributed by atoms with Crippen LogP contribution in [0, 0.1) is 5.82 Å². The SMILES string of the molecule is CC.O=C(Nc1ccc(F)cc1)c1cccc(S(=O)(=O)N2CC2)c1. The lowest BCUT2D eigenvalue weighted by Gasteiger charge is -2.08. The van der Waals surface area contributed by atoms with Crippen LogP contribution in [0.1, 0.15) is 24.2 Å². The molecule has 1 heterocycles. The van der Waals surface area contributed by atoms with Crippen molar-refractivity contribution in [2.75, 3.05) is 18.4 Å². The van der Waals surface area contributed by atoms with Crippen molar-refractivity contribution in [1.29, 1.82) is 0 Å². The number of anilines is 1. The number of halogens is 1. The zero-order valence-corrected chi connectivity index (χ0v) is 14.3. The maximum absolute atomic E-state index is 12.8. The van der Waals surface area contributed by atoms with E-state index in [2.05, 4.69) is 5.32 Å². The highest BCUT2D eigenvalue weighted by atomic mass is 32.2. The molecule has 0 unspecified atom stereocenters. The van der Waals surface area contributed by atoms with Crippen molar-refractivity contribution in [3.05, 3.63) is 59.9 Å². The summed E-state index contributed by atoms with van der Waals surface area (Å²) in [5.74, 6) is -0.848. The van der Waals surface area contributed by atoms with Crippen molar-refractivity contribution < 1.29 is 17.6 Å². The van der Waals surface area contributed by atoms with Gasteiger partial charge in [-0.25, -0.2) is 12.8 Å². The minimum absolute atomic E-state index is 0.0942. The number of carbonyl (C=O) groups excluding carboxylic acids is 1. The molecule has 3 rings (SSSR count). The van der Waals surface area contributed by atoms with Gasteiger partial charge in [0.15, 0.2) is 0 Å². The van der Waals surface area contributed by atoms with Gasteiger partial charge >= 0.3 is 0 Å². The fourth-order valence-corrected chi connectivity index (χ4v) is 3.35. The molecule has 2 aromatic rings. The first-order valence-corrected chi connectivity index (χ1v) is 9.08. The molecule has 1 amide bonds. The topological polar surface area (TPSA) is 66.2 Å². The van der Waals surface area contributed by atoms with Gasteiger partial charge in [-0.3, -0.25) is 4.79 Å². The molecule has 5 nitrogen and oxygen atoms in total. The minimum atomic E-state index is -3.50. The van der Waals surface area contributed by atoms with E-state index in [0.717, 1.165) is 0 Å². The Hall–Kier alpha value is -2.25. The third-order valence-corrected chi connectivity index (χ3v) is 5.14. The Morgan fingerprint density at radius 3 is 2.29 bits per heavy atom. The van der Waals surface area contributed by atoms with E-state index in [9.17, 15) is 17.6 Å². The number of nitrogens with one attached hydrogen (secondary N) is 1. The van der Waals surface area contributed by atoms with Crippen LogP contribution in [0.4, 0.5) is 10.1 Å². The monoisotopic (exact) mass is 350 g/mol. The van der Waals surface area contributed by atoms with Gasteiger partial charge in [0, 0.05) is 24.3 Å². The van der Waals surface area contributed by atoms with Crippen LogP contribution in [-0.4, -0.2) is 31.7 Å². The number of sulfonamides is 1. The van der Waals surface area contributed by atoms with Crippen LogP contribution in [0.25, 0.3) is 0 Å². The first kappa shape index (κ1) is 18.1. The molecule has 0 radical (unpaired) electrons. The van der Waals surface area contributed by atoms with Gasteiger partial charge in [-0.1, -0.05) is 19.9 Å². The van der Waals surface area contributed by atoms with E-state index >= 15 is 0 Å². The molecular weight excluding hydrogens is 331 g/mol. The second-order valence-corrected chi connectivity index (χ2v) is 6.83. The van der Waals surface area contributed by atoms with Crippen LogP contribution in [0.15, 0.2) is 53.4 Å². The van der Waals surface area contributed by atoms with Gasteiger partial charge in [-0.2, -0.15) is 4.31 Å². The van der Waals surface area contributed by atoms with E-state index in [0.29, 0.717) is 18.8 Å². The highest BCUT2D eigenvalue weighted by molar-refractivity contribution is 7.89. The van der Waals surface area contributed by atoms with Crippen LogP contribution in [0.5, 0.6) is 0 Å². The number of carbonyl (C=O) groups is 1. The summed E-state index contributed by atoms with van der Waals surface area (Å²) in [7, 11) is -3.50. The summed E-state index contributed by atoms with van der Waals surface area (Å²) in [5, 5.41) is 2.59. The maximum Gasteiger partial charge on any atom is 0.255 e. The van der Waals surface area contributed by atoms with Crippen molar-refractivity contribution in [2.24, 2.45) is 0 Å². The van der Waals surface area contributed by atoms with Crippen molar-refractivity contribution in [1.82, 2.24) is 4.31 Å². The highest BCUT2D eigenvalue weighted by Gasteiger charge is 2.33. The third kappa shape index (κ3) is 4.18. The fraction of sp³-hybridized carbons (Fsp3) is 0.235. The number of benzene rings is 2.